The van der Waals surface area contributed by atoms with Crippen molar-refractivity contribution in [2.24, 2.45) is 0 Å². The van der Waals surface area contributed by atoms with Gasteiger partial charge in [-0.1, -0.05) is 6.92 Å². The van der Waals surface area contributed by atoms with E-state index in [1.807, 2.05) is 12.3 Å². The lowest BCUT2D eigenvalue weighted by Gasteiger charge is -2.18. The summed E-state index contributed by atoms with van der Waals surface area (Å²) in [6, 6.07) is 4.12. The van der Waals surface area contributed by atoms with Crippen LogP contribution in [0.5, 0.6) is 0 Å². The fourth-order valence-corrected chi connectivity index (χ4v) is 1.40. The van der Waals surface area contributed by atoms with Crippen LogP contribution in [-0.4, -0.2) is 25.1 Å². The van der Waals surface area contributed by atoms with Crippen LogP contribution in [0, 0.1) is 0 Å². The van der Waals surface area contributed by atoms with Crippen LogP contribution in [0.4, 0.5) is 11.5 Å². The number of hydrogen-bond acceptors (Lipinski definition) is 3. The Morgan fingerprint density at radius 3 is 2.86 bits per heavy atom. The Hall–Kier alpha value is -1.25. The van der Waals surface area contributed by atoms with Gasteiger partial charge in [0.1, 0.15) is 5.82 Å². The number of anilines is 2. The van der Waals surface area contributed by atoms with E-state index in [4.69, 9.17) is 0 Å². The Kier molecular flexibility index (Phi) is 4.23. The fraction of sp³-hybridized carbons (Fsp3) is 0.545. The van der Waals surface area contributed by atoms with E-state index in [1.54, 1.807) is 0 Å². The summed E-state index contributed by atoms with van der Waals surface area (Å²) in [5.74, 6) is 0.952. The highest BCUT2D eigenvalue weighted by Gasteiger charge is 2.00. The quantitative estimate of drug-likeness (QED) is 0.778. The zero-order chi connectivity index (χ0) is 10.4. The maximum absolute atomic E-state index is 4.23. The Bertz CT molecular complexity index is 273. The zero-order valence-electron chi connectivity index (χ0n) is 9.25. The lowest BCUT2D eigenvalue weighted by Crippen LogP contribution is -2.17. The molecule has 0 saturated carbocycles. The molecule has 0 aliphatic rings. The van der Waals surface area contributed by atoms with E-state index in [2.05, 4.69) is 42.2 Å². The molecule has 0 saturated heterocycles. The van der Waals surface area contributed by atoms with E-state index >= 15 is 0 Å². The van der Waals surface area contributed by atoms with E-state index in [0.29, 0.717) is 0 Å². The largest absolute Gasteiger partial charge is 0.374 e. The van der Waals surface area contributed by atoms with Crippen LogP contribution in [0.1, 0.15) is 20.3 Å². The van der Waals surface area contributed by atoms with Gasteiger partial charge in [-0.05, 0) is 19.4 Å². The maximum atomic E-state index is 4.23. The standard InChI is InChI=1S/C11H19N3/c1-4-8-14(3)10-6-7-13-11(9-10)12-5-2/h6-7,9H,4-5,8H2,1-3H3,(H,12,13). The van der Waals surface area contributed by atoms with Gasteiger partial charge in [-0.15, -0.1) is 0 Å². The number of pyridine rings is 1. The van der Waals surface area contributed by atoms with Gasteiger partial charge in [-0.25, -0.2) is 4.98 Å². The average molecular weight is 193 g/mol. The van der Waals surface area contributed by atoms with Crippen molar-refractivity contribution in [2.45, 2.75) is 20.3 Å². The first-order valence-corrected chi connectivity index (χ1v) is 5.19. The molecule has 1 rings (SSSR count). The van der Waals surface area contributed by atoms with Gasteiger partial charge in [-0.2, -0.15) is 0 Å². The molecule has 0 unspecified atom stereocenters. The van der Waals surface area contributed by atoms with Crippen LogP contribution in [0.2, 0.25) is 0 Å². The van der Waals surface area contributed by atoms with Crippen LogP contribution in [-0.2, 0) is 0 Å². The van der Waals surface area contributed by atoms with Gasteiger partial charge in [0.05, 0.1) is 0 Å². The first kappa shape index (κ1) is 10.8. The molecule has 3 nitrogen and oxygen atoms in total. The molecule has 1 heterocycles. The molecule has 1 aromatic heterocycles. The Labute approximate surface area is 86.2 Å². The van der Waals surface area contributed by atoms with Crippen molar-refractivity contribution >= 4 is 11.5 Å². The summed E-state index contributed by atoms with van der Waals surface area (Å²) < 4.78 is 0. The van der Waals surface area contributed by atoms with Crippen molar-refractivity contribution in [3.63, 3.8) is 0 Å². The summed E-state index contributed by atoms with van der Waals surface area (Å²) in [5, 5.41) is 3.21. The van der Waals surface area contributed by atoms with Gasteiger partial charge in [0.2, 0.25) is 0 Å². The molecular weight excluding hydrogens is 174 g/mol. The molecule has 0 aromatic carbocycles. The summed E-state index contributed by atoms with van der Waals surface area (Å²) in [5.41, 5.74) is 1.22. The average Bonchev–Trinajstić information content (AvgIpc) is 2.19. The highest BCUT2D eigenvalue weighted by molar-refractivity contribution is 5.53. The first-order valence-electron chi connectivity index (χ1n) is 5.19. The highest BCUT2D eigenvalue weighted by Crippen LogP contribution is 2.15. The third-order valence-electron chi connectivity index (χ3n) is 2.10. The smallest absolute Gasteiger partial charge is 0.127 e. The molecule has 1 N–H and O–H groups in total. The van der Waals surface area contributed by atoms with E-state index in [-0.39, 0.29) is 0 Å². The van der Waals surface area contributed by atoms with Crippen molar-refractivity contribution in [3.8, 4) is 0 Å². The molecule has 0 bridgehead atoms. The molecule has 0 radical (unpaired) electrons. The number of nitrogens with one attached hydrogen (secondary N) is 1. The van der Waals surface area contributed by atoms with Gasteiger partial charge in [0.15, 0.2) is 0 Å². The molecule has 78 valence electrons. The molecular formula is C11H19N3. The molecule has 0 aliphatic heterocycles. The lowest BCUT2D eigenvalue weighted by molar-refractivity contribution is 0.851. The molecule has 0 spiro atoms. The number of hydrogen-bond donors (Lipinski definition) is 1. The second kappa shape index (κ2) is 5.47. The van der Waals surface area contributed by atoms with E-state index in [0.717, 1.165) is 25.3 Å². The van der Waals surface area contributed by atoms with Crippen molar-refractivity contribution < 1.29 is 0 Å². The van der Waals surface area contributed by atoms with Crippen LogP contribution >= 0.6 is 0 Å². The Morgan fingerprint density at radius 2 is 2.21 bits per heavy atom. The second-order valence-electron chi connectivity index (χ2n) is 3.35. The van der Waals surface area contributed by atoms with Gasteiger partial charge >= 0.3 is 0 Å². The normalized spacial score (nSPS) is 9.93. The summed E-state index contributed by atoms with van der Waals surface area (Å²) in [6.45, 7) is 6.25. The monoisotopic (exact) mass is 193 g/mol. The van der Waals surface area contributed by atoms with Gasteiger partial charge in [0.25, 0.3) is 0 Å². The van der Waals surface area contributed by atoms with E-state index < -0.39 is 0 Å². The third kappa shape index (κ3) is 2.91. The van der Waals surface area contributed by atoms with E-state index in [1.165, 1.54) is 5.69 Å². The Morgan fingerprint density at radius 1 is 1.43 bits per heavy atom. The summed E-state index contributed by atoms with van der Waals surface area (Å²) in [4.78, 5) is 6.47. The zero-order valence-corrected chi connectivity index (χ0v) is 9.25. The van der Waals surface area contributed by atoms with Gasteiger partial charge < -0.3 is 10.2 Å². The van der Waals surface area contributed by atoms with Crippen LogP contribution in [0.25, 0.3) is 0 Å². The van der Waals surface area contributed by atoms with E-state index in [9.17, 15) is 0 Å². The molecule has 0 aliphatic carbocycles. The predicted molar refractivity (Wildman–Crippen MR) is 62.0 cm³/mol. The summed E-state index contributed by atoms with van der Waals surface area (Å²) >= 11 is 0. The third-order valence-corrected chi connectivity index (χ3v) is 2.10. The minimum atomic E-state index is 0.911. The van der Waals surface area contributed by atoms with Crippen LogP contribution in [0.3, 0.4) is 0 Å². The van der Waals surface area contributed by atoms with Crippen molar-refractivity contribution in [3.05, 3.63) is 18.3 Å². The maximum Gasteiger partial charge on any atom is 0.127 e. The molecule has 14 heavy (non-hydrogen) atoms. The highest BCUT2D eigenvalue weighted by atomic mass is 15.1. The second-order valence-corrected chi connectivity index (χ2v) is 3.35. The Balaban J connectivity index is 2.71. The van der Waals surface area contributed by atoms with Crippen LogP contribution in [0.15, 0.2) is 18.3 Å². The lowest BCUT2D eigenvalue weighted by atomic mass is 10.3. The van der Waals surface area contributed by atoms with Crippen molar-refractivity contribution in [2.75, 3.05) is 30.4 Å². The predicted octanol–water partition coefficient (Wildman–Crippen LogP) is 2.36. The van der Waals surface area contributed by atoms with Crippen LogP contribution < -0.4 is 10.2 Å². The fourth-order valence-electron chi connectivity index (χ4n) is 1.40. The summed E-state index contributed by atoms with van der Waals surface area (Å²) in [7, 11) is 2.11. The SMILES string of the molecule is CCCN(C)c1ccnc(NCC)c1. The molecule has 0 amide bonds. The molecule has 0 fully saturated rings. The molecule has 1 aromatic rings. The topological polar surface area (TPSA) is 28.2 Å². The van der Waals surface area contributed by atoms with Crippen molar-refractivity contribution in [1.29, 1.82) is 0 Å². The van der Waals surface area contributed by atoms with Gasteiger partial charge in [0, 0.05) is 38.1 Å². The number of rotatable bonds is 5. The molecule has 0 atom stereocenters. The van der Waals surface area contributed by atoms with Crippen molar-refractivity contribution in [1.82, 2.24) is 4.98 Å². The molecule has 3 heteroatoms. The summed E-state index contributed by atoms with van der Waals surface area (Å²) in [6.07, 6.45) is 3.01. The van der Waals surface area contributed by atoms with Gasteiger partial charge in [-0.3, -0.25) is 0 Å². The minimum Gasteiger partial charge on any atom is -0.374 e. The number of aromatic nitrogens is 1. The number of nitrogens with zero attached hydrogens (tertiary/aromatic N) is 2. The first-order chi connectivity index (χ1) is 6.77. The minimum absolute atomic E-state index is 0.911.